The Labute approximate surface area is 198 Å². The molecule has 0 amide bonds. The summed E-state index contributed by atoms with van der Waals surface area (Å²) in [5, 5.41) is 5.80. The van der Waals surface area contributed by atoms with Gasteiger partial charge in [0.05, 0.1) is 11.0 Å². The average molecular weight is 463 g/mol. The van der Waals surface area contributed by atoms with Crippen molar-refractivity contribution in [2.75, 3.05) is 5.32 Å². The summed E-state index contributed by atoms with van der Waals surface area (Å²) in [5.74, 6) is 1.72. The predicted octanol–water partition coefficient (Wildman–Crippen LogP) is 7.44. The summed E-state index contributed by atoms with van der Waals surface area (Å²) in [5.41, 5.74) is 4.13. The molecule has 2 aromatic carbocycles. The lowest BCUT2D eigenvalue weighted by Crippen LogP contribution is -2.23. The largest absolute Gasteiger partial charge is 0.367 e. The van der Waals surface area contributed by atoms with E-state index in [0.717, 1.165) is 52.4 Å². The second kappa shape index (κ2) is 9.22. The Balaban J connectivity index is 1.24. The number of hydrogen-bond acceptors (Lipinski definition) is 4. The summed E-state index contributed by atoms with van der Waals surface area (Å²) < 4.78 is 13.9. The van der Waals surface area contributed by atoms with E-state index in [1.807, 2.05) is 19.2 Å². The Kier molecular flexibility index (Phi) is 6.15. The summed E-state index contributed by atoms with van der Waals surface area (Å²) in [6.45, 7) is 4.26. The van der Waals surface area contributed by atoms with E-state index < -0.39 is 0 Å². The highest BCUT2D eigenvalue weighted by Gasteiger charge is 2.25. The second-order valence-electron chi connectivity index (χ2n) is 9.42. The van der Waals surface area contributed by atoms with Crippen LogP contribution in [-0.2, 0) is 0 Å². The number of hydrogen-bond donors (Lipinski definition) is 1. The van der Waals surface area contributed by atoms with Crippen LogP contribution in [0.25, 0.3) is 21.8 Å². The van der Waals surface area contributed by atoms with Gasteiger partial charge in [0.1, 0.15) is 11.6 Å². The zero-order valence-electron chi connectivity index (χ0n) is 19.0. The lowest BCUT2D eigenvalue weighted by molar-refractivity contribution is 0.302. The minimum atomic E-state index is -0.196. The minimum Gasteiger partial charge on any atom is -0.367 e. The van der Waals surface area contributed by atoms with Crippen molar-refractivity contribution in [3.05, 3.63) is 70.9 Å². The third kappa shape index (κ3) is 4.79. The molecule has 0 saturated heterocycles. The zero-order valence-corrected chi connectivity index (χ0v) is 19.7. The van der Waals surface area contributed by atoms with Crippen LogP contribution in [0.1, 0.15) is 56.1 Å². The molecule has 6 heteroatoms. The molecule has 2 aromatic heterocycles. The van der Waals surface area contributed by atoms with Crippen LogP contribution in [0.4, 0.5) is 10.2 Å². The van der Waals surface area contributed by atoms with Crippen molar-refractivity contribution >= 4 is 39.2 Å². The van der Waals surface area contributed by atoms with Crippen molar-refractivity contribution in [3.63, 3.8) is 0 Å². The van der Waals surface area contributed by atoms with Gasteiger partial charge in [-0.1, -0.05) is 6.07 Å². The summed E-state index contributed by atoms with van der Waals surface area (Å²) in [7, 11) is 0. The summed E-state index contributed by atoms with van der Waals surface area (Å²) in [6.07, 6.45) is 7.50. The monoisotopic (exact) mass is 462 g/mol. The van der Waals surface area contributed by atoms with Gasteiger partial charge in [0, 0.05) is 23.0 Å². The van der Waals surface area contributed by atoms with Gasteiger partial charge in [-0.25, -0.2) is 14.4 Å². The lowest BCUT2D eigenvalue weighted by atomic mass is 9.76. The fourth-order valence-corrected chi connectivity index (χ4v) is 5.49. The number of anilines is 1. The maximum Gasteiger partial charge on any atom is 0.224 e. The van der Waals surface area contributed by atoms with E-state index in [0.29, 0.717) is 11.8 Å². The number of aromatic nitrogens is 3. The van der Waals surface area contributed by atoms with Crippen LogP contribution >= 0.6 is 11.6 Å². The van der Waals surface area contributed by atoms with Crippen LogP contribution in [0.2, 0.25) is 5.28 Å². The third-order valence-corrected chi connectivity index (χ3v) is 7.09. The molecule has 170 valence electrons. The number of benzene rings is 2. The Morgan fingerprint density at radius 3 is 2.64 bits per heavy atom. The second-order valence-corrected chi connectivity index (χ2v) is 9.76. The number of rotatable bonds is 5. The quantitative estimate of drug-likeness (QED) is 0.313. The molecular formula is C27H28ClFN4. The fourth-order valence-electron chi connectivity index (χ4n) is 5.32. The van der Waals surface area contributed by atoms with E-state index in [2.05, 4.69) is 45.4 Å². The van der Waals surface area contributed by atoms with Gasteiger partial charge in [0.2, 0.25) is 5.28 Å². The first kappa shape index (κ1) is 22.0. The number of nitrogens with one attached hydrogen (secondary N) is 1. The normalized spacial score (nSPS) is 19.6. The van der Waals surface area contributed by atoms with E-state index in [1.54, 1.807) is 12.1 Å². The van der Waals surface area contributed by atoms with Gasteiger partial charge in [-0.15, -0.1) is 0 Å². The first-order valence-electron chi connectivity index (χ1n) is 11.7. The molecule has 0 spiro atoms. The van der Waals surface area contributed by atoms with Crippen molar-refractivity contribution in [3.8, 4) is 0 Å². The highest BCUT2D eigenvalue weighted by Crippen LogP contribution is 2.40. The van der Waals surface area contributed by atoms with Crippen LogP contribution in [0, 0.1) is 18.7 Å². The molecule has 4 aromatic rings. The molecule has 1 aliphatic carbocycles. The average Bonchev–Trinajstić information content (AvgIpc) is 2.78. The number of pyridine rings is 1. The van der Waals surface area contributed by atoms with E-state index in [-0.39, 0.29) is 17.1 Å². The number of nitrogens with zero attached hydrogens (tertiary/aromatic N) is 3. The molecule has 1 N–H and O–H groups in total. The molecule has 1 fully saturated rings. The molecule has 0 aliphatic heterocycles. The molecular weight excluding hydrogens is 435 g/mol. The van der Waals surface area contributed by atoms with E-state index >= 15 is 0 Å². The maximum atomic E-state index is 13.9. The topological polar surface area (TPSA) is 50.7 Å². The van der Waals surface area contributed by atoms with Crippen molar-refractivity contribution in [2.24, 2.45) is 5.92 Å². The highest BCUT2D eigenvalue weighted by molar-refractivity contribution is 6.28. The smallest absolute Gasteiger partial charge is 0.224 e. The Morgan fingerprint density at radius 2 is 1.82 bits per heavy atom. The molecule has 1 atom stereocenters. The molecule has 0 radical (unpaired) electrons. The minimum absolute atomic E-state index is 0.196. The van der Waals surface area contributed by atoms with E-state index in [1.165, 1.54) is 24.5 Å². The molecule has 5 rings (SSSR count). The Bertz CT molecular complexity index is 1300. The summed E-state index contributed by atoms with van der Waals surface area (Å²) in [6, 6.07) is 13.4. The molecule has 4 nitrogen and oxygen atoms in total. The molecule has 1 aliphatic rings. The molecule has 0 bridgehead atoms. The number of halogens is 2. The molecule has 1 unspecified atom stereocenters. The van der Waals surface area contributed by atoms with Gasteiger partial charge in [-0.2, -0.15) is 0 Å². The maximum absolute atomic E-state index is 13.9. The van der Waals surface area contributed by atoms with Crippen molar-refractivity contribution in [1.29, 1.82) is 0 Å². The lowest BCUT2D eigenvalue weighted by Gasteiger charge is -2.31. The third-order valence-electron chi connectivity index (χ3n) is 6.92. The summed E-state index contributed by atoms with van der Waals surface area (Å²) in [4.78, 5) is 13.2. The fraction of sp³-hybridized carbons (Fsp3) is 0.370. The summed E-state index contributed by atoms with van der Waals surface area (Å²) >= 11 is 6.19. The zero-order chi connectivity index (χ0) is 22.9. The number of aryl methyl sites for hydroxylation is 1. The van der Waals surface area contributed by atoms with Crippen LogP contribution in [-0.4, -0.2) is 21.0 Å². The van der Waals surface area contributed by atoms with Gasteiger partial charge >= 0.3 is 0 Å². The van der Waals surface area contributed by atoms with Crippen LogP contribution in [0.15, 0.2) is 48.7 Å². The first-order chi connectivity index (χ1) is 16.0. The van der Waals surface area contributed by atoms with Gasteiger partial charge in [0.15, 0.2) is 0 Å². The van der Waals surface area contributed by atoms with Crippen molar-refractivity contribution in [2.45, 2.75) is 57.9 Å². The van der Waals surface area contributed by atoms with Gasteiger partial charge in [-0.3, -0.25) is 4.98 Å². The van der Waals surface area contributed by atoms with Crippen LogP contribution in [0.5, 0.6) is 0 Å². The van der Waals surface area contributed by atoms with E-state index in [9.17, 15) is 4.39 Å². The highest BCUT2D eigenvalue weighted by atomic mass is 35.5. The van der Waals surface area contributed by atoms with Crippen LogP contribution in [0.3, 0.4) is 0 Å². The Morgan fingerprint density at radius 1 is 1.00 bits per heavy atom. The van der Waals surface area contributed by atoms with E-state index in [4.69, 9.17) is 11.6 Å². The molecule has 33 heavy (non-hydrogen) atoms. The first-order valence-corrected chi connectivity index (χ1v) is 12.1. The Hall–Kier alpha value is -2.79. The van der Waals surface area contributed by atoms with Gasteiger partial charge in [0.25, 0.3) is 0 Å². The molecule has 1 saturated carbocycles. The van der Waals surface area contributed by atoms with Crippen LogP contribution < -0.4 is 5.32 Å². The van der Waals surface area contributed by atoms with Gasteiger partial charge in [-0.05, 0) is 117 Å². The van der Waals surface area contributed by atoms with Gasteiger partial charge < -0.3 is 5.32 Å². The molecule has 2 heterocycles. The van der Waals surface area contributed by atoms with Crippen molar-refractivity contribution in [1.82, 2.24) is 15.0 Å². The standard InChI is InChI=1S/C27H28ClFN4/c1-16-3-9-22-25(13-16)32-27(28)33-26(22)31-17(2)14-18-4-6-19(7-5-18)21-11-12-30-24-10-8-20(29)15-23(21)24/h3,8-13,15,17-19H,4-7,14H2,1-2H3,(H,31,32,33). The van der Waals surface area contributed by atoms with Crippen molar-refractivity contribution < 1.29 is 4.39 Å². The SMILES string of the molecule is Cc1ccc2c(NC(C)CC3CCC(c4ccnc5ccc(F)cc45)CC3)nc(Cl)nc2c1. The predicted molar refractivity (Wildman–Crippen MR) is 133 cm³/mol. The number of fused-ring (bicyclic) bond motifs is 2.